The second-order valence-corrected chi connectivity index (χ2v) is 9.99. The smallest absolute Gasteiger partial charge is 0.266 e. The van der Waals surface area contributed by atoms with Gasteiger partial charge in [-0.2, -0.15) is 0 Å². The molecule has 1 amide bonds. The number of amides is 1. The van der Waals surface area contributed by atoms with Gasteiger partial charge in [0, 0.05) is 6.61 Å². The molecule has 5 nitrogen and oxygen atoms in total. The van der Waals surface area contributed by atoms with E-state index in [4.69, 9.17) is 26.4 Å². The molecule has 2 aromatic rings. The maximum absolute atomic E-state index is 13.0. The molecule has 0 saturated carbocycles. The van der Waals surface area contributed by atoms with Gasteiger partial charge < -0.3 is 14.2 Å². The Balaban J connectivity index is 1.53. The Hall–Kier alpha value is -1.87. The number of thiocarbonyl (C=S) groups is 1. The van der Waals surface area contributed by atoms with Crippen molar-refractivity contribution in [3.8, 4) is 11.5 Å². The van der Waals surface area contributed by atoms with Crippen LogP contribution in [0.25, 0.3) is 6.08 Å². The average molecular weight is 534 g/mol. The molecule has 0 unspecified atom stereocenters. The summed E-state index contributed by atoms with van der Waals surface area (Å²) in [6, 6.07) is 13.8. The van der Waals surface area contributed by atoms with E-state index < -0.39 is 0 Å². The van der Waals surface area contributed by atoms with Gasteiger partial charge in [-0.3, -0.25) is 9.69 Å². The molecule has 2 heterocycles. The Labute approximate surface area is 206 Å². The van der Waals surface area contributed by atoms with Crippen molar-refractivity contribution >= 4 is 56.2 Å². The largest absolute Gasteiger partial charge is 0.490 e. The molecule has 0 N–H and O–H groups in total. The van der Waals surface area contributed by atoms with Crippen LogP contribution in [0.5, 0.6) is 11.5 Å². The first-order valence-corrected chi connectivity index (χ1v) is 12.6. The van der Waals surface area contributed by atoms with Gasteiger partial charge in [0.05, 0.1) is 28.6 Å². The van der Waals surface area contributed by atoms with Gasteiger partial charge in [0.15, 0.2) is 11.5 Å². The minimum Gasteiger partial charge on any atom is -0.490 e. The third-order valence-corrected chi connectivity index (χ3v) is 7.11. The molecule has 168 valence electrons. The normalized spacial score (nSPS) is 19.8. The van der Waals surface area contributed by atoms with Crippen molar-refractivity contribution in [2.45, 2.75) is 32.5 Å². The summed E-state index contributed by atoms with van der Waals surface area (Å²) < 4.78 is 18.9. The van der Waals surface area contributed by atoms with Crippen LogP contribution in [-0.2, 0) is 16.1 Å². The Morgan fingerprint density at radius 1 is 1.28 bits per heavy atom. The topological polar surface area (TPSA) is 48.0 Å². The molecular weight excluding hydrogens is 510 g/mol. The second kappa shape index (κ2) is 10.8. The van der Waals surface area contributed by atoms with Crippen LogP contribution < -0.4 is 9.47 Å². The predicted molar refractivity (Wildman–Crippen MR) is 135 cm³/mol. The number of halogens is 1. The average Bonchev–Trinajstić information content (AvgIpc) is 3.38. The van der Waals surface area contributed by atoms with Gasteiger partial charge >= 0.3 is 0 Å². The number of rotatable bonds is 8. The summed E-state index contributed by atoms with van der Waals surface area (Å²) in [5.74, 6) is 1.19. The van der Waals surface area contributed by atoms with E-state index in [-0.39, 0.29) is 12.0 Å². The van der Waals surface area contributed by atoms with Gasteiger partial charge in [-0.15, -0.1) is 0 Å². The molecule has 8 heteroatoms. The van der Waals surface area contributed by atoms with Crippen LogP contribution in [0, 0.1) is 0 Å². The zero-order valence-electron chi connectivity index (χ0n) is 17.7. The number of hydrogen-bond acceptors (Lipinski definition) is 6. The highest BCUT2D eigenvalue weighted by Gasteiger charge is 2.34. The maximum Gasteiger partial charge on any atom is 0.266 e. The minimum atomic E-state index is -0.0750. The van der Waals surface area contributed by atoms with Gasteiger partial charge in [-0.05, 0) is 65.0 Å². The number of carbonyl (C=O) groups excluding carboxylic acids is 1. The lowest BCUT2D eigenvalue weighted by molar-refractivity contribution is -0.123. The van der Waals surface area contributed by atoms with Crippen molar-refractivity contribution in [3.63, 3.8) is 0 Å². The van der Waals surface area contributed by atoms with E-state index in [2.05, 4.69) is 15.9 Å². The van der Waals surface area contributed by atoms with Gasteiger partial charge in [-0.1, -0.05) is 54.3 Å². The lowest BCUT2D eigenvalue weighted by atomic mass is 10.1. The summed E-state index contributed by atoms with van der Waals surface area (Å²) in [5, 5.41) is 0. The van der Waals surface area contributed by atoms with Crippen LogP contribution >= 0.6 is 39.9 Å². The molecular formula is C24H24BrNO4S2. The van der Waals surface area contributed by atoms with E-state index in [9.17, 15) is 4.79 Å². The predicted octanol–water partition coefficient (Wildman–Crippen LogP) is 5.81. The molecule has 2 saturated heterocycles. The Morgan fingerprint density at radius 2 is 2.09 bits per heavy atom. The van der Waals surface area contributed by atoms with Crippen LogP contribution in [-0.4, -0.2) is 41.0 Å². The fraction of sp³-hybridized carbons (Fsp3) is 0.333. The highest BCUT2D eigenvalue weighted by Crippen LogP contribution is 2.40. The van der Waals surface area contributed by atoms with E-state index in [0.29, 0.717) is 40.5 Å². The zero-order valence-corrected chi connectivity index (χ0v) is 20.9. The van der Waals surface area contributed by atoms with Crippen LogP contribution in [0.4, 0.5) is 0 Å². The maximum atomic E-state index is 13.0. The van der Waals surface area contributed by atoms with Gasteiger partial charge in [0.2, 0.25) is 0 Å². The molecule has 4 rings (SSSR count). The lowest BCUT2D eigenvalue weighted by Gasteiger charge is -2.18. The van der Waals surface area contributed by atoms with Crippen LogP contribution in [0.2, 0.25) is 0 Å². The standard InChI is InChI=1S/C24H24BrNO4S2/c1-2-28-20-12-17(11-19(25)22(20)30-15-16-7-4-3-5-8-16)13-21-23(27)26(24(31)32-21)14-18-9-6-10-29-18/h3-5,7-8,11-13,18H,2,6,9-10,14-15H2,1H3/b21-13-/t18-/m1/s1. The molecule has 2 aliphatic heterocycles. The molecule has 0 aromatic heterocycles. The lowest BCUT2D eigenvalue weighted by Crippen LogP contribution is -2.35. The van der Waals surface area contributed by atoms with Gasteiger partial charge in [0.25, 0.3) is 5.91 Å². The monoisotopic (exact) mass is 533 g/mol. The second-order valence-electron chi connectivity index (χ2n) is 7.46. The first kappa shape index (κ1) is 23.3. The SMILES string of the molecule is CCOc1cc(/C=C2\SC(=S)N(C[C@H]3CCCO3)C2=O)cc(Br)c1OCc1ccccc1. The molecule has 32 heavy (non-hydrogen) atoms. The summed E-state index contributed by atoms with van der Waals surface area (Å²) in [6.45, 7) is 4.13. The van der Waals surface area contributed by atoms with E-state index in [0.717, 1.165) is 35.0 Å². The molecule has 0 radical (unpaired) electrons. The number of carbonyl (C=O) groups is 1. The number of benzene rings is 2. The fourth-order valence-electron chi connectivity index (χ4n) is 3.60. The zero-order chi connectivity index (χ0) is 22.5. The Bertz CT molecular complexity index is 1020. The van der Waals surface area contributed by atoms with Crippen molar-refractivity contribution in [3.05, 3.63) is 63.0 Å². The fourth-order valence-corrected chi connectivity index (χ4v) is 5.45. The number of ether oxygens (including phenoxy) is 3. The molecule has 1 atom stereocenters. The Morgan fingerprint density at radius 3 is 2.81 bits per heavy atom. The van der Waals surface area contributed by atoms with Crippen LogP contribution in [0.3, 0.4) is 0 Å². The van der Waals surface area contributed by atoms with Crippen molar-refractivity contribution < 1.29 is 19.0 Å². The summed E-state index contributed by atoms with van der Waals surface area (Å²) in [6.07, 6.45) is 3.91. The van der Waals surface area contributed by atoms with E-state index >= 15 is 0 Å². The highest BCUT2D eigenvalue weighted by molar-refractivity contribution is 9.10. The third-order valence-electron chi connectivity index (χ3n) is 5.14. The first-order valence-electron chi connectivity index (χ1n) is 10.5. The van der Waals surface area contributed by atoms with Crippen molar-refractivity contribution in [2.24, 2.45) is 0 Å². The number of nitrogens with zero attached hydrogens (tertiary/aromatic N) is 1. The van der Waals surface area contributed by atoms with Crippen molar-refractivity contribution in [1.29, 1.82) is 0 Å². The van der Waals surface area contributed by atoms with Crippen LogP contribution in [0.15, 0.2) is 51.8 Å². The van der Waals surface area contributed by atoms with E-state index in [1.807, 2.05) is 55.5 Å². The van der Waals surface area contributed by atoms with Crippen molar-refractivity contribution in [2.75, 3.05) is 19.8 Å². The molecule has 2 fully saturated rings. The number of thioether (sulfide) groups is 1. The van der Waals surface area contributed by atoms with Crippen molar-refractivity contribution in [1.82, 2.24) is 4.90 Å². The van der Waals surface area contributed by atoms with Gasteiger partial charge in [-0.25, -0.2) is 0 Å². The Kier molecular flexibility index (Phi) is 7.88. The third kappa shape index (κ3) is 5.54. The summed E-state index contributed by atoms with van der Waals surface area (Å²) in [4.78, 5) is 15.2. The molecule has 2 aliphatic rings. The summed E-state index contributed by atoms with van der Waals surface area (Å²) >= 11 is 10.4. The molecule has 0 aliphatic carbocycles. The molecule has 2 aromatic carbocycles. The van der Waals surface area contributed by atoms with E-state index in [1.165, 1.54) is 11.8 Å². The highest BCUT2D eigenvalue weighted by atomic mass is 79.9. The minimum absolute atomic E-state index is 0.0663. The summed E-state index contributed by atoms with van der Waals surface area (Å²) in [7, 11) is 0. The van der Waals surface area contributed by atoms with Crippen LogP contribution in [0.1, 0.15) is 30.9 Å². The summed E-state index contributed by atoms with van der Waals surface area (Å²) in [5.41, 5.74) is 1.91. The van der Waals surface area contributed by atoms with Gasteiger partial charge in [0.1, 0.15) is 10.9 Å². The number of hydrogen-bond donors (Lipinski definition) is 0. The molecule has 0 bridgehead atoms. The quantitative estimate of drug-likeness (QED) is 0.315. The first-order chi connectivity index (χ1) is 15.5. The van der Waals surface area contributed by atoms with E-state index in [1.54, 1.807) is 4.90 Å². The molecule has 0 spiro atoms.